The normalized spacial score (nSPS) is 17.9. The minimum absolute atomic E-state index is 0.114. The Morgan fingerprint density at radius 1 is 1.22 bits per heavy atom. The summed E-state index contributed by atoms with van der Waals surface area (Å²) < 4.78 is 27.3. The second-order valence-electron chi connectivity index (χ2n) is 7.20. The van der Waals surface area contributed by atoms with E-state index in [1.54, 1.807) is 32.9 Å². The number of hydrogen-bond acceptors (Lipinski definition) is 4. The maximum atomic E-state index is 12.4. The average molecular weight is 339 g/mol. The van der Waals surface area contributed by atoms with Crippen molar-refractivity contribution >= 4 is 21.6 Å². The molecule has 0 radical (unpaired) electrons. The van der Waals surface area contributed by atoms with Crippen LogP contribution in [0.25, 0.3) is 0 Å². The molecule has 128 valence electrons. The summed E-state index contributed by atoms with van der Waals surface area (Å²) in [5.41, 5.74) is 5.12. The first-order valence-electron chi connectivity index (χ1n) is 7.76. The van der Waals surface area contributed by atoms with Crippen molar-refractivity contribution in [3.8, 4) is 0 Å². The lowest BCUT2D eigenvalue weighted by molar-refractivity contribution is -0.121. The third-order valence-corrected chi connectivity index (χ3v) is 5.55. The van der Waals surface area contributed by atoms with Gasteiger partial charge in [-0.2, -0.15) is 0 Å². The predicted molar refractivity (Wildman–Crippen MR) is 90.5 cm³/mol. The minimum atomic E-state index is -3.64. The van der Waals surface area contributed by atoms with E-state index in [-0.39, 0.29) is 10.8 Å². The van der Waals surface area contributed by atoms with Crippen molar-refractivity contribution in [2.24, 2.45) is 5.73 Å². The van der Waals surface area contributed by atoms with E-state index in [0.717, 1.165) is 12.8 Å². The monoisotopic (exact) mass is 339 g/mol. The highest BCUT2D eigenvalue weighted by Gasteiger charge is 2.37. The Kier molecular flexibility index (Phi) is 4.84. The second-order valence-corrected chi connectivity index (χ2v) is 8.88. The number of anilines is 1. The molecule has 1 fully saturated rings. The Morgan fingerprint density at radius 2 is 1.83 bits per heavy atom. The number of carbonyl (C=O) groups is 1. The van der Waals surface area contributed by atoms with Crippen LogP contribution >= 0.6 is 0 Å². The van der Waals surface area contributed by atoms with Crippen molar-refractivity contribution < 1.29 is 13.2 Å². The van der Waals surface area contributed by atoms with Gasteiger partial charge in [-0.1, -0.05) is 18.9 Å². The molecule has 23 heavy (non-hydrogen) atoms. The summed E-state index contributed by atoms with van der Waals surface area (Å²) in [7, 11) is -3.64. The lowest BCUT2D eigenvalue weighted by atomic mass is 9.98. The van der Waals surface area contributed by atoms with Gasteiger partial charge >= 0.3 is 0 Å². The van der Waals surface area contributed by atoms with E-state index in [4.69, 9.17) is 5.73 Å². The van der Waals surface area contributed by atoms with Gasteiger partial charge in [0.2, 0.25) is 15.9 Å². The van der Waals surface area contributed by atoms with Crippen LogP contribution in [0.3, 0.4) is 0 Å². The van der Waals surface area contributed by atoms with Crippen molar-refractivity contribution in [3.63, 3.8) is 0 Å². The molecule has 0 atom stereocenters. The lowest BCUT2D eigenvalue weighted by Gasteiger charge is -2.23. The van der Waals surface area contributed by atoms with Crippen LogP contribution in [0.15, 0.2) is 29.2 Å². The Bertz CT molecular complexity index is 687. The maximum absolute atomic E-state index is 12.4. The van der Waals surface area contributed by atoms with Crippen molar-refractivity contribution in [3.05, 3.63) is 24.3 Å². The van der Waals surface area contributed by atoms with Crippen molar-refractivity contribution in [2.75, 3.05) is 5.32 Å². The zero-order chi connectivity index (χ0) is 17.3. The van der Waals surface area contributed by atoms with E-state index < -0.39 is 21.1 Å². The largest absolute Gasteiger partial charge is 0.324 e. The number of hydrogen-bond donors (Lipinski definition) is 3. The van der Waals surface area contributed by atoms with E-state index in [1.165, 1.54) is 12.1 Å². The van der Waals surface area contributed by atoms with Crippen LogP contribution in [0, 0.1) is 0 Å². The van der Waals surface area contributed by atoms with Gasteiger partial charge in [0.15, 0.2) is 0 Å². The molecule has 1 aliphatic rings. The van der Waals surface area contributed by atoms with Crippen LogP contribution in [0.4, 0.5) is 5.69 Å². The van der Waals surface area contributed by atoms with Crippen LogP contribution in [-0.2, 0) is 14.8 Å². The number of benzene rings is 1. The number of carbonyl (C=O) groups excluding carboxylic acids is 1. The fourth-order valence-corrected chi connectivity index (χ4v) is 4.16. The van der Waals surface area contributed by atoms with E-state index >= 15 is 0 Å². The summed E-state index contributed by atoms with van der Waals surface area (Å²) in [6.45, 7) is 5.32. The summed E-state index contributed by atoms with van der Waals surface area (Å²) in [6, 6.07) is 6.21. The molecule has 6 nitrogen and oxygen atoms in total. The molecule has 4 N–H and O–H groups in total. The van der Waals surface area contributed by atoms with Crippen molar-refractivity contribution in [2.45, 2.75) is 62.4 Å². The molecule has 1 aromatic rings. The molecule has 1 aliphatic carbocycles. The van der Waals surface area contributed by atoms with Crippen LogP contribution in [0.5, 0.6) is 0 Å². The molecule has 1 saturated carbocycles. The number of sulfonamides is 1. The van der Waals surface area contributed by atoms with Crippen LogP contribution in [0.2, 0.25) is 0 Å². The highest BCUT2D eigenvalue weighted by atomic mass is 32.2. The first-order chi connectivity index (χ1) is 10.5. The predicted octanol–water partition coefficient (Wildman–Crippen LogP) is 1.97. The number of amides is 1. The SMILES string of the molecule is CC(C)(C)NS(=O)(=O)c1cccc(NC(=O)C2(N)CCCC2)c1. The van der Waals surface area contributed by atoms with Crippen LogP contribution in [-0.4, -0.2) is 25.4 Å². The fourth-order valence-electron chi connectivity index (χ4n) is 2.69. The van der Waals surface area contributed by atoms with Gasteiger partial charge in [0.25, 0.3) is 0 Å². The first kappa shape index (κ1) is 17.9. The topological polar surface area (TPSA) is 101 Å². The van der Waals surface area contributed by atoms with Gasteiger partial charge < -0.3 is 11.1 Å². The molecule has 0 aliphatic heterocycles. The summed E-state index contributed by atoms with van der Waals surface area (Å²) in [4.78, 5) is 12.4. The molecule has 0 unspecified atom stereocenters. The number of nitrogens with two attached hydrogens (primary N) is 1. The Morgan fingerprint density at radius 3 is 2.39 bits per heavy atom. The van der Waals surface area contributed by atoms with Crippen molar-refractivity contribution in [1.29, 1.82) is 0 Å². The molecule has 0 bridgehead atoms. The molecule has 2 rings (SSSR count). The van der Waals surface area contributed by atoms with Gasteiger partial charge in [0, 0.05) is 11.2 Å². The number of nitrogens with one attached hydrogen (secondary N) is 2. The summed E-state index contributed by atoms with van der Waals surface area (Å²) >= 11 is 0. The van der Waals surface area contributed by atoms with Gasteiger partial charge in [0.05, 0.1) is 10.4 Å². The van der Waals surface area contributed by atoms with Crippen LogP contribution in [0.1, 0.15) is 46.5 Å². The standard InChI is InChI=1S/C16H25N3O3S/c1-15(2,3)19-23(21,22)13-8-6-7-12(11-13)18-14(20)16(17)9-4-5-10-16/h6-8,11,19H,4-5,9-10,17H2,1-3H3,(H,18,20). The summed E-state index contributed by atoms with van der Waals surface area (Å²) in [5.74, 6) is -0.256. The molecule has 1 amide bonds. The van der Waals surface area contributed by atoms with E-state index in [0.29, 0.717) is 18.5 Å². The van der Waals surface area contributed by atoms with Gasteiger partial charge in [-0.3, -0.25) is 4.79 Å². The first-order valence-corrected chi connectivity index (χ1v) is 9.25. The average Bonchev–Trinajstić information content (AvgIpc) is 2.85. The van der Waals surface area contributed by atoms with Crippen molar-refractivity contribution in [1.82, 2.24) is 4.72 Å². The van der Waals surface area contributed by atoms with E-state index in [9.17, 15) is 13.2 Å². The molecule has 0 heterocycles. The lowest BCUT2D eigenvalue weighted by Crippen LogP contribution is -2.48. The molecular formula is C16H25N3O3S. The van der Waals surface area contributed by atoms with E-state index in [1.807, 2.05) is 0 Å². The van der Waals surface area contributed by atoms with Gasteiger partial charge in [-0.05, 0) is 51.8 Å². The molecule has 0 saturated heterocycles. The highest BCUT2D eigenvalue weighted by molar-refractivity contribution is 7.89. The Balaban J connectivity index is 2.19. The van der Waals surface area contributed by atoms with Crippen LogP contribution < -0.4 is 15.8 Å². The Labute approximate surface area is 137 Å². The minimum Gasteiger partial charge on any atom is -0.324 e. The summed E-state index contributed by atoms with van der Waals surface area (Å²) in [6.07, 6.45) is 3.19. The van der Waals surface area contributed by atoms with Gasteiger partial charge in [-0.15, -0.1) is 0 Å². The quantitative estimate of drug-likeness (QED) is 0.780. The summed E-state index contributed by atoms with van der Waals surface area (Å²) in [5, 5.41) is 2.74. The number of rotatable bonds is 4. The van der Waals surface area contributed by atoms with E-state index in [2.05, 4.69) is 10.0 Å². The third kappa shape index (κ3) is 4.53. The maximum Gasteiger partial charge on any atom is 0.244 e. The molecule has 0 aromatic heterocycles. The van der Waals surface area contributed by atoms with Gasteiger partial charge in [0.1, 0.15) is 0 Å². The molecule has 1 aromatic carbocycles. The molecular weight excluding hydrogens is 314 g/mol. The molecule has 0 spiro atoms. The third-order valence-electron chi connectivity index (χ3n) is 3.79. The second kappa shape index (κ2) is 6.22. The zero-order valence-electron chi connectivity index (χ0n) is 13.8. The zero-order valence-corrected chi connectivity index (χ0v) is 14.7. The highest BCUT2D eigenvalue weighted by Crippen LogP contribution is 2.28. The molecule has 7 heteroatoms. The van der Waals surface area contributed by atoms with Gasteiger partial charge in [-0.25, -0.2) is 13.1 Å². The smallest absolute Gasteiger partial charge is 0.244 e. The Hall–Kier alpha value is -1.44. The fraction of sp³-hybridized carbons (Fsp3) is 0.562.